The molecule has 0 unspecified atom stereocenters. The van der Waals surface area contributed by atoms with Gasteiger partial charge in [0.2, 0.25) is 5.65 Å². The SMILES string of the molecule is COc1ccc(-c2cc(N(C)Cc3cc(C)on3)c3nncn3n2)cc1. The molecular weight excluding hydrogens is 332 g/mol. The molecule has 0 radical (unpaired) electrons. The topological polar surface area (TPSA) is 81.6 Å². The Balaban J connectivity index is 1.74. The number of fused-ring (bicyclic) bond motifs is 1. The Hall–Kier alpha value is -3.42. The summed E-state index contributed by atoms with van der Waals surface area (Å²) in [5, 5.41) is 16.8. The van der Waals surface area contributed by atoms with Crippen molar-refractivity contribution >= 4 is 11.3 Å². The van der Waals surface area contributed by atoms with Crippen molar-refractivity contribution in [2.45, 2.75) is 13.5 Å². The van der Waals surface area contributed by atoms with E-state index in [4.69, 9.17) is 9.26 Å². The van der Waals surface area contributed by atoms with Gasteiger partial charge in [0.05, 0.1) is 25.0 Å². The molecule has 8 nitrogen and oxygen atoms in total. The smallest absolute Gasteiger partial charge is 0.200 e. The number of aryl methyl sites for hydroxylation is 1. The molecule has 0 fully saturated rings. The number of nitrogens with zero attached hydrogens (tertiary/aromatic N) is 6. The van der Waals surface area contributed by atoms with E-state index in [2.05, 4.69) is 25.4 Å². The highest BCUT2D eigenvalue weighted by atomic mass is 16.5. The van der Waals surface area contributed by atoms with E-state index in [1.54, 1.807) is 18.0 Å². The molecule has 0 saturated heterocycles. The average molecular weight is 350 g/mol. The summed E-state index contributed by atoms with van der Waals surface area (Å²) < 4.78 is 12.1. The van der Waals surface area contributed by atoms with Crippen LogP contribution in [0.4, 0.5) is 5.69 Å². The molecular formula is C18H18N6O2. The van der Waals surface area contributed by atoms with Crippen LogP contribution in [0.5, 0.6) is 5.75 Å². The second kappa shape index (κ2) is 6.47. The molecule has 1 aromatic carbocycles. The molecule has 0 aliphatic heterocycles. The van der Waals surface area contributed by atoms with Crippen molar-refractivity contribution in [3.63, 3.8) is 0 Å². The number of anilines is 1. The first-order valence-corrected chi connectivity index (χ1v) is 8.13. The first-order chi connectivity index (χ1) is 12.6. The van der Waals surface area contributed by atoms with Crippen molar-refractivity contribution in [2.24, 2.45) is 0 Å². The lowest BCUT2D eigenvalue weighted by Gasteiger charge is -2.19. The summed E-state index contributed by atoms with van der Waals surface area (Å²) in [6, 6.07) is 11.7. The van der Waals surface area contributed by atoms with Crippen molar-refractivity contribution in [3.8, 4) is 17.0 Å². The first-order valence-electron chi connectivity index (χ1n) is 8.13. The quantitative estimate of drug-likeness (QED) is 0.547. The van der Waals surface area contributed by atoms with Gasteiger partial charge < -0.3 is 14.2 Å². The maximum Gasteiger partial charge on any atom is 0.200 e. The molecule has 0 atom stereocenters. The predicted octanol–water partition coefficient (Wildman–Crippen LogP) is 2.73. The number of aromatic nitrogens is 5. The van der Waals surface area contributed by atoms with Crippen molar-refractivity contribution in [2.75, 3.05) is 19.1 Å². The Bertz CT molecular complexity index is 1040. The third-order valence-electron chi connectivity index (χ3n) is 4.12. The van der Waals surface area contributed by atoms with Crippen LogP contribution >= 0.6 is 0 Å². The number of ether oxygens (including phenoxy) is 1. The number of hydrogen-bond acceptors (Lipinski definition) is 7. The lowest BCUT2D eigenvalue weighted by molar-refractivity contribution is 0.390. The van der Waals surface area contributed by atoms with Crippen molar-refractivity contribution in [3.05, 3.63) is 54.2 Å². The van der Waals surface area contributed by atoms with E-state index in [-0.39, 0.29) is 0 Å². The van der Waals surface area contributed by atoms with Crippen LogP contribution in [0.15, 0.2) is 47.2 Å². The van der Waals surface area contributed by atoms with Gasteiger partial charge in [-0.15, -0.1) is 10.2 Å². The lowest BCUT2D eigenvalue weighted by atomic mass is 10.1. The van der Waals surface area contributed by atoms with Gasteiger partial charge in [-0.05, 0) is 37.3 Å². The molecule has 3 aromatic heterocycles. The van der Waals surface area contributed by atoms with Gasteiger partial charge in [0.15, 0.2) is 0 Å². The normalized spacial score (nSPS) is 11.0. The first kappa shape index (κ1) is 16.1. The summed E-state index contributed by atoms with van der Waals surface area (Å²) in [6.07, 6.45) is 1.60. The predicted molar refractivity (Wildman–Crippen MR) is 96.1 cm³/mol. The molecule has 8 heteroatoms. The van der Waals surface area contributed by atoms with Crippen molar-refractivity contribution < 1.29 is 9.26 Å². The fourth-order valence-electron chi connectivity index (χ4n) is 2.82. The Morgan fingerprint density at radius 3 is 2.69 bits per heavy atom. The number of benzene rings is 1. The largest absolute Gasteiger partial charge is 0.497 e. The van der Waals surface area contributed by atoms with Gasteiger partial charge in [-0.1, -0.05) is 5.16 Å². The highest BCUT2D eigenvalue weighted by Gasteiger charge is 2.15. The van der Waals surface area contributed by atoms with Crippen LogP contribution in [0.25, 0.3) is 16.9 Å². The molecule has 0 bridgehead atoms. The van der Waals surface area contributed by atoms with Gasteiger partial charge in [0.25, 0.3) is 0 Å². The molecule has 26 heavy (non-hydrogen) atoms. The minimum atomic E-state index is 0.589. The summed E-state index contributed by atoms with van der Waals surface area (Å²) >= 11 is 0. The van der Waals surface area contributed by atoms with E-state index in [0.29, 0.717) is 12.2 Å². The van der Waals surface area contributed by atoms with Crippen molar-refractivity contribution in [1.29, 1.82) is 0 Å². The lowest BCUT2D eigenvalue weighted by Crippen LogP contribution is -2.18. The maximum atomic E-state index is 5.22. The van der Waals surface area contributed by atoms with E-state index in [9.17, 15) is 0 Å². The van der Waals surface area contributed by atoms with Crippen LogP contribution in [0, 0.1) is 6.92 Å². The molecule has 0 aliphatic rings. The minimum absolute atomic E-state index is 0.589. The van der Waals surface area contributed by atoms with Crippen LogP contribution < -0.4 is 9.64 Å². The summed E-state index contributed by atoms with van der Waals surface area (Å²) in [6.45, 7) is 2.47. The fraction of sp³-hybridized carbons (Fsp3) is 0.222. The van der Waals surface area contributed by atoms with E-state index in [1.165, 1.54) is 0 Å². The molecule has 0 spiro atoms. The molecule has 0 aliphatic carbocycles. The summed E-state index contributed by atoms with van der Waals surface area (Å²) in [5.41, 5.74) is 4.24. The van der Waals surface area contributed by atoms with Crippen molar-refractivity contribution in [1.82, 2.24) is 25.0 Å². The zero-order chi connectivity index (χ0) is 18.1. The summed E-state index contributed by atoms with van der Waals surface area (Å²) in [7, 11) is 3.63. The highest BCUT2D eigenvalue weighted by molar-refractivity contribution is 5.74. The molecule has 4 rings (SSSR count). The van der Waals surface area contributed by atoms with Crippen LogP contribution in [0.1, 0.15) is 11.5 Å². The maximum absolute atomic E-state index is 5.22. The monoisotopic (exact) mass is 350 g/mol. The van der Waals surface area contributed by atoms with Gasteiger partial charge in [-0.3, -0.25) is 0 Å². The third-order valence-corrected chi connectivity index (χ3v) is 4.12. The van der Waals surface area contributed by atoms with Gasteiger partial charge in [0, 0.05) is 18.7 Å². The summed E-state index contributed by atoms with van der Waals surface area (Å²) in [4.78, 5) is 2.05. The highest BCUT2D eigenvalue weighted by Crippen LogP contribution is 2.27. The zero-order valence-electron chi connectivity index (χ0n) is 14.7. The van der Waals surface area contributed by atoms with Crippen LogP contribution in [0.3, 0.4) is 0 Å². The standard InChI is InChI=1S/C18H18N6O2/c1-12-8-14(22-26-12)10-23(2)17-9-16(21-24-11-19-20-18(17)24)13-4-6-15(25-3)7-5-13/h4-9,11H,10H2,1-3H3. The number of methoxy groups -OCH3 is 1. The second-order valence-electron chi connectivity index (χ2n) is 6.03. The fourth-order valence-corrected chi connectivity index (χ4v) is 2.82. The summed E-state index contributed by atoms with van der Waals surface area (Å²) in [5.74, 6) is 1.59. The third kappa shape index (κ3) is 2.97. The van der Waals surface area contributed by atoms with Gasteiger partial charge in [-0.25, -0.2) is 0 Å². The minimum Gasteiger partial charge on any atom is -0.497 e. The Kier molecular flexibility index (Phi) is 4.00. The van der Waals surface area contributed by atoms with E-state index in [1.807, 2.05) is 50.4 Å². The Morgan fingerprint density at radius 1 is 1.19 bits per heavy atom. The Morgan fingerprint density at radius 2 is 2.00 bits per heavy atom. The average Bonchev–Trinajstić information content (AvgIpc) is 3.29. The molecule has 132 valence electrons. The van der Waals surface area contributed by atoms with Gasteiger partial charge in [-0.2, -0.15) is 9.61 Å². The van der Waals surface area contributed by atoms with E-state index < -0.39 is 0 Å². The van der Waals surface area contributed by atoms with Gasteiger partial charge in [0.1, 0.15) is 23.5 Å². The molecule has 0 N–H and O–H groups in total. The molecule has 3 heterocycles. The molecule has 0 amide bonds. The van der Waals surface area contributed by atoms with E-state index in [0.717, 1.165) is 34.1 Å². The zero-order valence-corrected chi connectivity index (χ0v) is 14.7. The van der Waals surface area contributed by atoms with E-state index >= 15 is 0 Å². The van der Waals surface area contributed by atoms with Crippen LogP contribution in [0.2, 0.25) is 0 Å². The number of hydrogen-bond donors (Lipinski definition) is 0. The van der Waals surface area contributed by atoms with Crippen LogP contribution in [-0.2, 0) is 6.54 Å². The second-order valence-corrected chi connectivity index (χ2v) is 6.03. The Labute approximate surface area is 150 Å². The van der Waals surface area contributed by atoms with Gasteiger partial charge >= 0.3 is 0 Å². The van der Waals surface area contributed by atoms with Crippen LogP contribution in [-0.4, -0.2) is 39.1 Å². The number of rotatable bonds is 5. The molecule has 0 saturated carbocycles. The molecule has 4 aromatic rings.